The van der Waals surface area contributed by atoms with Crippen LogP contribution < -0.4 is 5.73 Å². The van der Waals surface area contributed by atoms with Crippen LogP contribution in [0.2, 0.25) is 0 Å². The highest BCUT2D eigenvalue weighted by molar-refractivity contribution is 5.46. The number of phenolic OH excluding ortho intramolecular Hbond substituents is 1. The fourth-order valence-electron chi connectivity index (χ4n) is 1.87. The summed E-state index contributed by atoms with van der Waals surface area (Å²) in [6.45, 7) is 2.69. The Bertz CT molecular complexity index is 505. The lowest BCUT2D eigenvalue weighted by Crippen LogP contribution is -2.02. The Hall–Kier alpha value is -1.81. The van der Waals surface area contributed by atoms with E-state index in [-0.39, 0.29) is 5.75 Å². The highest BCUT2D eigenvalue weighted by Crippen LogP contribution is 2.23. The molecule has 0 unspecified atom stereocenters. The van der Waals surface area contributed by atoms with Crippen LogP contribution in [0.3, 0.4) is 0 Å². The number of phenols is 1. The largest absolute Gasteiger partial charge is 0.506 e. The Labute approximate surface area is 101 Å². The number of aromatic hydroxyl groups is 1. The average Bonchev–Trinajstić information content (AvgIpc) is 2.69. The quantitative estimate of drug-likeness (QED) is 0.843. The maximum atomic E-state index is 9.79. The molecule has 0 saturated heterocycles. The first-order valence-electron chi connectivity index (χ1n) is 5.76. The van der Waals surface area contributed by atoms with Crippen LogP contribution in [-0.4, -0.2) is 21.4 Å². The van der Waals surface area contributed by atoms with Gasteiger partial charge in [-0.15, -0.1) is 0 Å². The number of aryl methyl sites for hydroxylation is 1. The summed E-state index contributed by atoms with van der Waals surface area (Å²) < 4.78 is 1.77. The van der Waals surface area contributed by atoms with Gasteiger partial charge < -0.3 is 10.8 Å². The number of nitrogens with zero attached hydrogens (tertiary/aromatic N) is 2. The van der Waals surface area contributed by atoms with E-state index in [2.05, 4.69) is 5.10 Å². The van der Waals surface area contributed by atoms with Gasteiger partial charge in [-0.3, -0.25) is 0 Å². The molecule has 4 heteroatoms. The minimum absolute atomic E-state index is 0.240. The van der Waals surface area contributed by atoms with Gasteiger partial charge in [0.05, 0.1) is 6.20 Å². The Morgan fingerprint density at radius 3 is 2.82 bits per heavy atom. The summed E-state index contributed by atoms with van der Waals surface area (Å²) in [6, 6.07) is 7.20. The first-order valence-corrected chi connectivity index (χ1v) is 5.76. The van der Waals surface area contributed by atoms with Gasteiger partial charge in [0.15, 0.2) is 0 Å². The summed E-state index contributed by atoms with van der Waals surface area (Å²) in [4.78, 5) is 0. The lowest BCUT2D eigenvalue weighted by atomic mass is 10.1. The summed E-state index contributed by atoms with van der Waals surface area (Å²) in [5, 5.41) is 14.1. The van der Waals surface area contributed by atoms with E-state index in [1.54, 1.807) is 16.8 Å². The molecule has 0 aliphatic rings. The normalized spacial score (nSPS) is 10.7. The van der Waals surface area contributed by atoms with Gasteiger partial charge in [0.1, 0.15) is 11.4 Å². The van der Waals surface area contributed by atoms with Crippen LogP contribution in [0.5, 0.6) is 5.75 Å². The molecule has 3 N–H and O–H groups in total. The first kappa shape index (κ1) is 11.7. The number of benzene rings is 1. The van der Waals surface area contributed by atoms with Crippen molar-refractivity contribution in [3.05, 3.63) is 41.7 Å². The Balaban J connectivity index is 2.34. The molecule has 1 aromatic heterocycles. The first-order chi connectivity index (χ1) is 8.24. The Kier molecular flexibility index (Phi) is 3.44. The minimum Gasteiger partial charge on any atom is -0.506 e. The Morgan fingerprint density at radius 2 is 2.12 bits per heavy atom. The molecule has 0 bridgehead atoms. The van der Waals surface area contributed by atoms with E-state index in [0.717, 1.165) is 18.5 Å². The molecule has 17 heavy (non-hydrogen) atoms. The topological polar surface area (TPSA) is 64.1 Å². The lowest BCUT2D eigenvalue weighted by Gasteiger charge is -2.07. The fourth-order valence-corrected chi connectivity index (χ4v) is 1.87. The summed E-state index contributed by atoms with van der Waals surface area (Å²) >= 11 is 0. The molecule has 0 spiro atoms. The second-order valence-corrected chi connectivity index (χ2v) is 4.05. The van der Waals surface area contributed by atoms with Gasteiger partial charge >= 0.3 is 0 Å². The maximum Gasteiger partial charge on any atom is 0.141 e. The van der Waals surface area contributed by atoms with Crippen molar-refractivity contribution in [3.8, 4) is 11.4 Å². The molecule has 0 radical (unpaired) electrons. The summed E-state index contributed by atoms with van der Waals surface area (Å²) in [7, 11) is 0. The van der Waals surface area contributed by atoms with E-state index in [0.29, 0.717) is 12.2 Å². The van der Waals surface area contributed by atoms with Gasteiger partial charge in [-0.05, 0) is 44.0 Å². The summed E-state index contributed by atoms with van der Waals surface area (Å²) in [5.41, 5.74) is 8.45. The van der Waals surface area contributed by atoms with Gasteiger partial charge in [-0.1, -0.05) is 12.1 Å². The van der Waals surface area contributed by atoms with Crippen molar-refractivity contribution >= 4 is 0 Å². The van der Waals surface area contributed by atoms with Crippen molar-refractivity contribution in [2.24, 2.45) is 5.73 Å². The van der Waals surface area contributed by atoms with Gasteiger partial charge in [-0.2, -0.15) is 5.10 Å². The predicted molar refractivity (Wildman–Crippen MR) is 67.3 cm³/mol. The third-order valence-electron chi connectivity index (χ3n) is 2.87. The highest BCUT2D eigenvalue weighted by Gasteiger charge is 2.10. The average molecular weight is 231 g/mol. The maximum absolute atomic E-state index is 9.79. The van der Waals surface area contributed by atoms with Crippen molar-refractivity contribution < 1.29 is 5.11 Å². The molecule has 0 amide bonds. The van der Waals surface area contributed by atoms with Gasteiger partial charge in [0.25, 0.3) is 0 Å². The zero-order valence-corrected chi connectivity index (χ0v) is 9.93. The van der Waals surface area contributed by atoms with Crippen LogP contribution in [0.4, 0.5) is 0 Å². The molecular formula is C13H17N3O. The number of rotatable bonds is 4. The molecule has 0 aliphatic heterocycles. The van der Waals surface area contributed by atoms with Crippen molar-refractivity contribution in [1.82, 2.24) is 9.78 Å². The van der Waals surface area contributed by atoms with Crippen LogP contribution in [0.1, 0.15) is 17.7 Å². The molecule has 4 nitrogen and oxygen atoms in total. The number of hydrogen-bond acceptors (Lipinski definition) is 3. The summed E-state index contributed by atoms with van der Waals surface area (Å²) in [6.07, 6.45) is 3.72. The van der Waals surface area contributed by atoms with Crippen LogP contribution >= 0.6 is 0 Å². The zero-order chi connectivity index (χ0) is 12.3. The highest BCUT2D eigenvalue weighted by atomic mass is 16.3. The van der Waals surface area contributed by atoms with E-state index in [4.69, 9.17) is 5.73 Å². The standard InChI is InChI=1S/C13H17N3O/c1-10-11(5-4-8-14)9-15-16(10)12-6-2-3-7-13(12)17/h2-3,6-7,9,17H,4-5,8,14H2,1H3. The zero-order valence-electron chi connectivity index (χ0n) is 9.93. The number of hydrogen-bond donors (Lipinski definition) is 2. The minimum atomic E-state index is 0.240. The van der Waals surface area contributed by atoms with Crippen LogP contribution in [0.15, 0.2) is 30.5 Å². The monoisotopic (exact) mass is 231 g/mol. The molecule has 0 aliphatic carbocycles. The van der Waals surface area contributed by atoms with E-state index in [1.807, 2.05) is 25.3 Å². The molecule has 2 rings (SSSR count). The fraction of sp³-hybridized carbons (Fsp3) is 0.308. The van der Waals surface area contributed by atoms with E-state index >= 15 is 0 Å². The molecule has 90 valence electrons. The van der Waals surface area contributed by atoms with Crippen LogP contribution in [0, 0.1) is 6.92 Å². The van der Waals surface area contributed by atoms with Crippen molar-refractivity contribution in [2.45, 2.75) is 19.8 Å². The molecule has 2 aromatic rings. The number of para-hydroxylation sites is 2. The Morgan fingerprint density at radius 1 is 1.35 bits per heavy atom. The van der Waals surface area contributed by atoms with Gasteiger partial charge in [0, 0.05) is 5.69 Å². The van der Waals surface area contributed by atoms with Crippen molar-refractivity contribution in [3.63, 3.8) is 0 Å². The number of nitrogens with two attached hydrogens (primary N) is 1. The molecule has 0 atom stereocenters. The van der Waals surface area contributed by atoms with Crippen molar-refractivity contribution in [1.29, 1.82) is 0 Å². The van der Waals surface area contributed by atoms with E-state index in [9.17, 15) is 5.11 Å². The molecule has 0 saturated carbocycles. The molecule has 1 aromatic carbocycles. The van der Waals surface area contributed by atoms with Crippen LogP contribution in [-0.2, 0) is 6.42 Å². The second-order valence-electron chi connectivity index (χ2n) is 4.05. The molecule has 0 fully saturated rings. The van der Waals surface area contributed by atoms with E-state index in [1.165, 1.54) is 5.56 Å². The predicted octanol–water partition coefficient (Wildman–Crippen LogP) is 1.78. The van der Waals surface area contributed by atoms with Crippen molar-refractivity contribution in [2.75, 3.05) is 6.54 Å². The number of aromatic nitrogens is 2. The molecule has 1 heterocycles. The lowest BCUT2D eigenvalue weighted by molar-refractivity contribution is 0.470. The molecular weight excluding hydrogens is 214 g/mol. The SMILES string of the molecule is Cc1c(CCCN)cnn1-c1ccccc1O. The van der Waals surface area contributed by atoms with Gasteiger partial charge in [0.2, 0.25) is 0 Å². The third-order valence-corrected chi connectivity index (χ3v) is 2.87. The smallest absolute Gasteiger partial charge is 0.141 e. The third kappa shape index (κ3) is 2.31. The van der Waals surface area contributed by atoms with Gasteiger partial charge in [-0.25, -0.2) is 4.68 Å². The summed E-state index contributed by atoms with van der Waals surface area (Å²) in [5.74, 6) is 0.240. The van der Waals surface area contributed by atoms with E-state index < -0.39 is 0 Å². The second kappa shape index (κ2) is 5.01. The van der Waals surface area contributed by atoms with Crippen LogP contribution in [0.25, 0.3) is 5.69 Å².